The normalized spacial score (nSPS) is 13.2. The van der Waals surface area contributed by atoms with Crippen molar-refractivity contribution in [2.24, 2.45) is 4.99 Å². The molecule has 0 amide bonds. The van der Waals surface area contributed by atoms with E-state index in [1.54, 1.807) is 18.2 Å². The molecule has 0 saturated heterocycles. The van der Waals surface area contributed by atoms with Gasteiger partial charge in [0.15, 0.2) is 0 Å². The maximum absolute atomic E-state index is 13.2. The fraction of sp³-hybridized carbons (Fsp3) is 0. The Bertz CT molecular complexity index is 706. The van der Waals surface area contributed by atoms with E-state index < -0.39 is 5.82 Å². The quantitative estimate of drug-likeness (QED) is 0.608. The number of halogens is 1. The van der Waals surface area contributed by atoms with Crippen LogP contribution in [0, 0.1) is 5.82 Å². The van der Waals surface area contributed by atoms with Crippen LogP contribution in [0.4, 0.5) is 15.8 Å². The molecule has 0 fully saturated rings. The molecule has 5 nitrogen and oxygen atoms in total. The summed E-state index contributed by atoms with van der Waals surface area (Å²) in [6.07, 6.45) is 0. The zero-order valence-electron chi connectivity index (χ0n) is 10.1. The third kappa shape index (κ3) is 2.48. The lowest BCUT2D eigenvalue weighted by Crippen LogP contribution is -2.26. The molecule has 0 aliphatic carbocycles. The highest BCUT2D eigenvalue weighted by Crippen LogP contribution is 2.39. The third-order valence-electron chi connectivity index (χ3n) is 2.61. The molecule has 1 aliphatic rings. The van der Waals surface area contributed by atoms with Gasteiger partial charge in [-0.25, -0.2) is 9.38 Å². The van der Waals surface area contributed by atoms with Gasteiger partial charge >= 0.3 is 0 Å². The minimum atomic E-state index is -0.518. The average Bonchev–Trinajstić information content (AvgIpc) is 2.39. The van der Waals surface area contributed by atoms with E-state index in [2.05, 4.69) is 15.0 Å². The number of nitrogens with one attached hydrogen (secondary N) is 2. The number of aliphatic imine (C=N–C) groups is 1. The molecule has 4 N–H and O–H groups in total. The molecule has 0 radical (unpaired) electrons. The highest BCUT2D eigenvalue weighted by atomic mass is 32.2. The third-order valence-corrected chi connectivity index (χ3v) is 3.44. The molecule has 0 bridgehead atoms. The van der Waals surface area contributed by atoms with E-state index >= 15 is 0 Å². The maximum Gasteiger partial charge on any atom is 0.211 e. The summed E-state index contributed by atoms with van der Waals surface area (Å²) < 4.78 is 16.0. The number of anilines is 1. The Morgan fingerprint density at radius 2 is 2.05 bits per heavy atom. The van der Waals surface area contributed by atoms with Gasteiger partial charge in [-0.05, 0) is 30.1 Å². The zero-order chi connectivity index (χ0) is 14.1. The first-order valence-corrected chi connectivity index (χ1v) is 6.53. The Morgan fingerprint density at radius 3 is 2.85 bits per heavy atom. The molecule has 7 heteroatoms. The summed E-state index contributed by atoms with van der Waals surface area (Å²) in [5.41, 5.74) is 0.944. The summed E-state index contributed by atoms with van der Waals surface area (Å²) in [6, 6.07) is 8.85. The molecule has 20 heavy (non-hydrogen) atoms. The number of hydrogen-bond acceptors (Lipinski definition) is 6. The van der Waals surface area contributed by atoms with Crippen molar-refractivity contribution in [1.82, 2.24) is 4.72 Å². The molecular formula is C13H10FN3O2S. The molecule has 1 aliphatic heterocycles. The molecular weight excluding hydrogens is 281 g/mol. The van der Waals surface area contributed by atoms with Crippen LogP contribution in [0.15, 0.2) is 46.3 Å². The molecule has 2 aromatic carbocycles. The number of phenolic OH excluding ortho intramolecular Hbond substituents is 2. The Morgan fingerprint density at radius 1 is 1.20 bits per heavy atom. The molecule has 0 unspecified atom stereocenters. The van der Waals surface area contributed by atoms with Crippen LogP contribution in [0.1, 0.15) is 0 Å². The topological polar surface area (TPSA) is 76.9 Å². The Hall–Kier alpha value is -2.41. The molecule has 0 spiro atoms. The van der Waals surface area contributed by atoms with E-state index in [0.29, 0.717) is 22.2 Å². The van der Waals surface area contributed by atoms with E-state index in [1.807, 2.05) is 0 Å². The van der Waals surface area contributed by atoms with Crippen molar-refractivity contribution in [2.75, 3.05) is 5.32 Å². The lowest BCUT2D eigenvalue weighted by Gasteiger charge is -2.18. The van der Waals surface area contributed by atoms with Crippen LogP contribution in [0.5, 0.6) is 11.5 Å². The van der Waals surface area contributed by atoms with Gasteiger partial charge in [-0.1, -0.05) is 6.07 Å². The highest BCUT2D eigenvalue weighted by molar-refractivity contribution is 7.98. The van der Waals surface area contributed by atoms with Gasteiger partial charge in [-0.15, -0.1) is 0 Å². The largest absolute Gasteiger partial charge is 0.508 e. The number of rotatable bonds is 1. The fourth-order valence-corrected chi connectivity index (χ4v) is 2.48. The minimum Gasteiger partial charge on any atom is -0.508 e. The van der Waals surface area contributed by atoms with Crippen molar-refractivity contribution in [2.45, 2.75) is 4.90 Å². The van der Waals surface area contributed by atoms with Crippen molar-refractivity contribution in [1.29, 1.82) is 0 Å². The SMILES string of the molecule is Oc1cccc(NC2=Nc3c(O)cc(F)cc3SN2)c1. The van der Waals surface area contributed by atoms with Crippen molar-refractivity contribution in [3.8, 4) is 11.5 Å². The predicted octanol–water partition coefficient (Wildman–Crippen LogP) is 2.95. The van der Waals surface area contributed by atoms with Crippen LogP contribution in [-0.4, -0.2) is 16.2 Å². The minimum absolute atomic E-state index is 0.129. The van der Waals surface area contributed by atoms with Crippen molar-refractivity contribution < 1.29 is 14.6 Å². The number of nitrogens with zero attached hydrogens (tertiary/aromatic N) is 1. The van der Waals surface area contributed by atoms with Gasteiger partial charge in [0.05, 0.1) is 4.90 Å². The molecule has 0 atom stereocenters. The first-order valence-electron chi connectivity index (χ1n) is 5.72. The van der Waals surface area contributed by atoms with Gasteiger partial charge in [0.1, 0.15) is 23.0 Å². The zero-order valence-corrected chi connectivity index (χ0v) is 10.9. The molecule has 102 valence electrons. The average molecular weight is 291 g/mol. The second-order valence-corrected chi connectivity index (χ2v) is 4.96. The van der Waals surface area contributed by atoms with Crippen LogP contribution >= 0.6 is 11.9 Å². The Balaban J connectivity index is 1.91. The van der Waals surface area contributed by atoms with E-state index in [9.17, 15) is 14.6 Å². The molecule has 0 aromatic heterocycles. The molecule has 3 rings (SSSR count). The van der Waals surface area contributed by atoms with Crippen molar-refractivity contribution >= 4 is 29.3 Å². The highest BCUT2D eigenvalue weighted by Gasteiger charge is 2.17. The van der Waals surface area contributed by atoms with Gasteiger partial charge in [0.25, 0.3) is 0 Å². The second kappa shape index (κ2) is 4.93. The molecule has 0 saturated carbocycles. The van der Waals surface area contributed by atoms with Gasteiger partial charge < -0.3 is 15.5 Å². The van der Waals surface area contributed by atoms with Gasteiger partial charge in [-0.3, -0.25) is 4.72 Å². The summed E-state index contributed by atoms with van der Waals surface area (Å²) in [4.78, 5) is 4.69. The number of phenols is 2. The summed E-state index contributed by atoms with van der Waals surface area (Å²) >= 11 is 1.14. The van der Waals surface area contributed by atoms with Crippen LogP contribution in [0.3, 0.4) is 0 Å². The predicted molar refractivity (Wildman–Crippen MR) is 75.9 cm³/mol. The standard InChI is InChI=1S/C13H10FN3O2S/c14-7-4-10(19)12-11(5-7)20-17-13(16-12)15-8-2-1-3-9(18)6-8/h1-6,18-19H,(H2,15,16,17). The first kappa shape index (κ1) is 12.6. The van der Waals surface area contributed by atoms with E-state index in [-0.39, 0.29) is 11.5 Å². The second-order valence-electron chi connectivity index (χ2n) is 4.11. The Labute approximate surface area is 118 Å². The summed E-state index contributed by atoms with van der Waals surface area (Å²) in [5, 5.41) is 22.1. The Kier molecular flexibility index (Phi) is 3.11. The number of guanidine groups is 1. The molecule has 1 heterocycles. The first-order chi connectivity index (χ1) is 9.61. The number of hydrogen-bond donors (Lipinski definition) is 4. The van der Waals surface area contributed by atoms with Crippen LogP contribution < -0.4 is 10.0 Å². The van der Waals surface area contributed by atoms with E-state index in [1.165, 1.54) is 12.1 Å². The van der Waals surface area contributed by atoms with E-state index in [4.69, 9.17) is 0 Å². The smallest absolute Gasteiger partial charge is 0.211 e. The molecule has 2 aromatic rings. The number of aromatic hydroxyl groups is 2. The van der Waals surface area contributed by atoms with Crippen molar-refractivity contribution in [3.05, 3.63) is 42.2 Å². The lowest BCUT2D eigenvalue weighted by atomic mass is 10.3. The fourth-order valence-electron chi connectivity index (χ4n) is 1.76. The van der Waals surface area contributed by atoms with Crippen LogP contribution in [0.2, 0.25) is 0 Å². The van der Waals surface area contributed by atoms with Crippen molar-refractivity contribution in [3.63, 3.8) is 0 Å². The van der Waals surface area contributed by atoms with Gasteiger partial charge in [-0.2, -0.15) is 0 Å². The van der Waals surface area contributed by atoms with E-state index in [0.717, 1.165) is 18.0 Å². The van der Waals surface area contributed by atoms with Gasteiger partial charge in [0.2, 0.25) is 5.96 Å². The number of fused-ring (bicyclic) bond motifs is 1. The van der Waals surface area contributed by atoms with Crippen LogP contribution in [-0.2, 0) is 0 Å². The van der Waals surface area contributed by atoms with Gasteiger partial charge in [0, 0.05) is 17.8 Å². The summed E-state index contributed by atoms with van der Waals surface area (Å²) in [5.74, 6) is -0.223. The maximum atomic E-state index is 13.2. The summed E-state index contributed by atoms with van der Waals surface area (Å²) in [7, 11) is 0. The monoisotopic (exact) mass is 291 g/mol. The lowest BCUT2D eigenvalue weighted by molar-refractivity contribution is 0.468. The number of benzene rings is 2. The van der Waals surface area contributed by atoms with Crippen LogP contribution in [0.25, 0.3) is 0 Å². The summed E-state index contributed by atoms with van der Waals surface area (Å²) in [6.45, 7) is 0.